The Morgan fingerprint density at radius 2 is 2.38 bits per heavy atom. The van der Waals surface area contributed by atoms with Gasteiger partial charge in [0.15, 0.2) is 5.69 Å². The maximum absolute atomic E-state index is 8.76. The fourth-order valence-electron chi connectivity index (χ4n) is 1.28. The molecule has 0 aromatic carbocycles. The van der Waals surface area contributed by atoms with Gasteiger partial charge in [-0.25, -0.2) is 4.98 Å². The van der Waals surface area contributed by atoms with E-state index in [1.54, 1.807) is 19.2 Å². The molecule has 1 heterocycles. The number of rotatable bonds is 5. The predicted octanol–water partition coefficient (Wildman–Crippen LogP) is 1.23. The van der Waals surface area contributed by atoms with E-state index in [-0.39, 0.29) is 5.69 Å². The molecule has 1 atom stereocenters. The van der Waals surface area contributed by atoms with Crippen molar-refractivity contribution in [2.45, 2.75) is 6.92 Å². The molecular formula is C11H16N4O. The summed E-state index contributed by atoms with van der Waals surface area (Å²) < 4.78 is 5.02. The molecule has 0 aliphatic carbocycles. The summed E-state index contributed by atoms with van der Waals surface area (Å²) in [6, 6.07) is 5.38. The van der Waals surface area contributed by atoms with E-state index >= 15 is 0 Å². The van der Waals surface area contributed by atoms with E-state index in [1.807, 2.05) is 6.07 Å². The molecule has 0 radical (unpaired) electrons. The Morgan fingerprint density at radius 3 is 3.00 bits per heavy atom. The largest absolute Gasteiger partial charge is 0.396 e. The van der Waals surface area contributed by atoms with Gasteiger partial charge in [0.25, 0.3) is 0 Å². The van der Waals surface area contributed by atoms with Gasteiger partial charge in [0.2, 0.25) is 0 Å². The summed E-state index contributed by atoms with van der Waals surface area (Å²) in [7, 11) is 1.67. The van der Waals surface area contributed by atoms with Crippen LogP contribution in [0, 0.1) is 17.2 Å². The number of anilines is 2. The monoisotopic (exact) mass is 220 g/mol. The summed E-state index contributed by atoms with van der Waals surface area (Å²) in [5.74, 6) is 1.04. The molecule has 0 saturated carbocycles. The maximum Gasteiger partial charge on any atom is 0.165 e. The maximum atomic E-state index is 8.76. The summed E-state index contributed by atoms with van der Waals surface area (Å²) in [4.78, 5) is 4.08. The highest BCUT2D eigenvalue weighted by Crippen LogP contribution is 2.12. The Hall–Kier alpha value is -1.80. The minimum Gasteiger partial charge on any atom is -0.396 e. The van der Waals surface area contributed by atoms with Crippen molar-refractivity contribution in [1.29, 1.82) is 5.26 Å². The molecule has 1 aromatic rings. The lowest BCUT2D eigenvalue weighted by Crippen LogP contribution is -2.16. The molecule has 0 fully saturated rings. The first-order chi connectivity index (χ1) is 7.67. The number of aromatic nitrogens is 1. The molecule has 0 spiro atoms. The molecule has 0 aliphatic heterocycles. The third-order valence-electron chi connectivity index (χ3n) is 2.12. The van der Waals surface area contributed by atoms with Gasteiger partial charge in [-0.05, 0) is 18.1 Å². The van der Waals surface area contributed by atoms with Gasteiger partial charge in [0, 0.05) is 13.7 Å². The van der Waals surface area contributed by atoms with Crippen LogP contribution in [0.5, 0.6) is 0 Å². The van der Waals surface area contributed by atoms with E-state index in [0.717, 1.165) is 6.54 Å². The fourth-order valence-corrected chi connectivity index (χ4v) is 1.28. The van der Waals surface area contributed by atoms with Crippen LogP contribution in [0.4, 0.5) is 11.5 Å². The Kier molecular flexibility index (Phi) is 4.55. The number of nitrogens with one attached hydrogen (secondary N) is 1. The topological polar surface area (TPSA) is 84.0 Å². The average molecular weight is 220 g/mol. The van der Waals surface area contributed by atoms with Gasteiger partial charge in [-0.15, -0.1) is 0 Å². The number of nitriles is 1. The molecule has 1 aromatic heterocycles. The molecule has 1 rings (SSSR count). The number of pyridine rings is 1. The van der Waals surface area contributed by atoms with Gasteiger partial charge in [-0.1, -0.05) is 6.92 Å². The first kappa shape index (κ1) is 12.3. The van der Waals surface area contributed by atoms with Crippen LogP contribution in [0.15, 0.2) is 12.1 Å². The van der Waals surface area contributed by atoms with E-state index in [0.29, 0.717) is 24.0 Å². The highest BCUT2D eigenvalue weighted by atomic mass is 16.5. The molecule has 86 valence electrons. The number of ether oxygens (including phenoxy) is 1. The number of nitrogens with two attached hydrogens (primary N) is 1. The molecule has 3 N–H and O–H groups in total. The van der Waals surface area contributed by atoms with E-state index in [1.165, 1.54) is 0 Å². The van der Waals surface area contributed by atoms with Crippen LogP contribution in [0.1, 0.15) is 12.6 Å². The van der Waals surface area contributed by atoms with Crippen LogP contribution < -0.4 is 11.1 Å². The molecule has 0 aliphatic rings. The zero-order valence-electron chi connectivity index (χ0n) is 9.53. The second kappa shape index (κ2) is 5.93. The summed E-state index contributed by atoms with van der Waals surface area (Å²) in [5.41, 5.74) is 6.23. The van der Waals surface area contributed by atoms with Crippen molar-refractivity contribution in [2.24, 2.45) is 5.92 Å². The molecule has 0 bridgehead atoms. The standard InChI is InChI=1S/C11H16N4O/c1-8(7-16-2)6-14-11-4-3-9(13)10(5-12)15-11/h3-4,8H,6-7,13H2,1-2H3,(H,14,15). The normalized spacial score (nSPS) is 11.8. The molecule has 0 amide bonds. The lowest BCUT2D eigenvalue weighted by molar-refractivity contribution is 0.164. The Labute approximate surface area is 95.2 Å². The van der Waals surface area contributed by atoms with Gasteiger partial charge in [-0.2, -0.15) is 5.26 Å². The van der Waals surface area contributed by atoms with Crippen molar-refractivity contribution in [2.75, 3.05) is 31.3 Å². The van der Waals surface area contributed by atoms with Crippen molar-refractivity contribution in [3.63, 3.8) is 0 Å². The van der Waals surface area contributed by atoms with E-state index in [4.69, 9.17) is 15.7 Å². The van der Waals surface area contributed by atoms with Crippen LogP contribution in [0.25, 0.3) is 0 Å². The van der Waals surface area contributed by atoms with Gasteiger partial charge in [0.05, 0.1) is 12.3 Å². The smallest absolute Gasteiger partial charge is 0.165 e. The summed E-state index contributed by atoms with van der Waals surface area (Å²) >= 11 is 0. The van der Waals surface area contributed by atoms with E-state index in [9.17, 15) is 0 Å². The second-order valence-electron chi connectivity index (χ2n) is 3.69. The Morgan fingerprint density at radius 1 is 1.62 bits per heavy atom. The summed E-state index contributed by atoms with van der Waals surface area (Å²) in [6.07, 6.45) is 0. The van der Waals surface area contributed by atoms with Gasteiger partial charge in [0.1, 0.15) is 11.9 Å². The first-order valence-corrected chi connectivity index (χ1v) is 5.06. The molecule has 1 unspecified atom stereocenters. The average Bonchev–Trinajstić information content (AvgIpc) is 2.28. The predicted molar refractivity (Wildman–Crippen MR) is 62.9 cm³/mol. The van der Waals surface area contributed by atoms with Crippen LogP contribution in [-0.4, -0.2) is 25.2 Å². The lowest BCUT2D eigenvalue weighted by atomic mass is 10.2. The summed E-state index contributed by atoms with van der Waals surface area (Å²) in [5, 5.41) is 11.9. The molecular weight excluding hydrogens is 204 g/mol. The minimum absolute atomic E-state index is 0.254. The summed E-state index contributed by atoms with van der Waals surface area (Å²) in [6.45, 7) is 3.50. The third-order valence-corrected chi connectivity index (χ3v) is 2.12. The van der Waals surface area contributed by atoms with Crippen molar-refractivity contribution < 1.29 is 4.74 Å². The number of methoxy groups -OCH3 is 1. The fraction of sp³-hybridized carbons (Fsp3) is 0.455. The van der Waals surface area contributed by atoms with Gasteiger partial charge >= 0.3 is 0 Å². The highest BCUT2D eigenvalue weighted by molar-refractivity contribution is 5.54. The van der Waals surface area contributed by atoms with Crippen LogP contribution in [-0.2, 0) is 4.74 Å². The van der Waals surface area contributed by atoms with Gasteiger partial charge in [-0.3, -0.25) is 0 Å². The van der Waals surface area contributed by atoms with Crippen molar-refractivity contribution in [3.05, 3.63) is 17.8 Å². The van der Waals surface area contributed by atoms with Crippen molar-refractivity contribution in [3.8, 4) is 6.07 Å². The van der Waals surface area contributed by atoms with Crippen LogP contribution >= 0.6 is 0 Å². The van der Waals surface area contributed by atoms with Crippen molar-refractivity contribution >= 4 is 11.5 Å². The molecule has 0 saturated heterocycles. The number of nitrogen functional groups attached to an aromatic ring is 1. The SMILES string of the molecule is COCC(C)CNc1ccc(N)c(C#N)n1. The second-order valence-corrected chi connectivity index (χ2v) is 3.69. The molecule has 5 heteroatoms. The number of hydrogen-bond donors (Lipinski definition) is 2. The molecule has 5 nitrogen and oxygen atoms in total. The third kappa shape index (κ3) is 3.41. The zero-order chi connectivity index (χ0) is 12.0. The minimum atomic E-state index is 0.254. The Bertz CT molecular complexity index is 386. The quantitative estimate of drug-likeness (QED) is 0.779. The number of nitrogens with zero attached hydrogens (tertiary/aromatic N) is 2. The van der Waals surface area contributed by atoms with Crippen LogP contribution in [0.2, 0.25) is 0 Å². The van der Waals surface area contributed by atoms with Gasteiger partial charge < -0.3 is 15.8 Å². The Balaban J connectivity index is 2.58. The van der Waals surface area contributed by atoms with Crippen LogP contribution in [0.3, 0.4) is 0 Å². The zero-order valence-corrected chi connectivity index (χ0v) is 9.53. The van der Waals surface area contributed by atoms with E-state index < -0.39 is 0 Å². The van der Waals surface area contributed by atoms with E-state index in [2.05, 4.69) is 17.2 Å². The highest BCUT2D eigenvalue weighted by Gasteiger charge is 2.04. The number of hydrogen-bond acceptors (Lipinski definition) is 5. The lowest BCUT2D eigenvalue weighted by Gasteiger charge is -2.12. The molecule has 16 heavy (non-hydrogen) atoms. The van der Waals surface area contributed by atoms with Crippen molar-refractivity contribution in [1.82, 2.24) is 4.98 Å². The first-order valence-electron chi connectivity index (χ1n) is 5.06.